The number of nitrogens with one attached hydrogen (secondary N) is 1. The molecule has 0 aliphatic carbocycles. The summed E-state index contributed by atoms with van der Waals surface area (Å²) in [6.07, 6.45) is 1.48. The van der Waals surface area contributed by atoms with Crippen LogP contribution in [0.4, 0.5) is 0 Å². The van der Waals surface area contributed by atoms with E-state index in [-0.39, 0.29) is 6.04 Å². The highest BCUT2D eigenvalue weighted by Gasteiger charge is 2.22. The maximum atomic E-state index is 11.2. The third kappa shape index (κ3) is 2.55. The molecule has 0 aliphatic heterocycles. The van der Waals surface area contributed by atoms with E-state index in [0.717, 1.165) is 23.1 Å². The molecule has 2 aromatic carbocycles. The molecule has 0 saturated heterocycles. The minimum absolute atomic E-state index is 0.0591. The van der Waals surface area contributed by atoms with E-state index in [1.54, 1.807) is 0 Å². The Morgan fingerprint density at radius 2 is 1.73 bits per heavy atom. The number of carbonyl (C=O) groups excluding carboxylic acids is 1. The lowest BCUT2D eigenvalue weighted by Gasteiger charge is -2.23. The first-order valence-electron chi connectivity index (χ1n) is 7.48. The average molecular weight is 292 g/mol. The van der Waals surface area contributed by atoms with Gasteiger partial charge in [0.2, 0.25) is 0 Å². The molecule has 3 nitrogen and oxygen atoms in total. The predicted molar refractivity (Wildman–Crippen MR) is 90.8 cm³/mol. The first-order chi connectivity index (χ1) is 10.7. The molecule has 1 unspecified atom stereocenters. The summed E-state index contributed by atoms with van der Waals surface area (Å²) < 4.78 is 0. The standard InChI is InChI=1S/C19H20N2O/c1-21(2)17(12-13-22)18-15-10-6-7-11-16(15)20-19(18)14-8-4-3-5-9-14/h3-11,13,17,20H,12H2,1-2H3. The molecule has 0 radical (unpaired) electrons. The van der Waals surface area contributed by atoms with Crippen molar-refractivity contribution in [3.05, 3.63) is 60.2 Å². The second-order valence-electron chi connectivity index (χ2n) is 5.71. The molecule has 112 valence electrons. The molecule has 0 amide bonds. The zero-order valence-electron chi connectivity index (χ0n) is 12.9. The maximum absolute atomic E-state index is 11.2. The van der Waals surface area contributed by atoms with Crippen LogP contribution in [0.3, 0.4) is 0 Å². The van der Waals surface area contributed by atoms with Gasteiger partial charge < -0.3 is 14.7 Å². The summed E-state index contributed by atoms with van der Waals surface area (Å²) in [5.74, 6) is 0. The summed E-state index contributed by atoms with van der Waals surface area (Å²) >= 11 is 0. The fourth-order valence-electron chi connectivity index (χ4n) is 3.02. The lowest BCUT2D eigenvalue weighted by molar-refractivity contribution is -0.108. The quantitative estimate of drug-likeness (QED) is 0.721. The molecular weight excluding hydrogens is 272 g/mol. The van der Waals surface area contributed by atoms with Crippen LogP contribution in [0.5, 0.6) is 0 Å². The Morgan fingerprint density at radius 3 is 2.41 bits per heavy atom. The van der Waals surface area contributed by atoms with E-state index in [1.807, 2.05) is 44.4 Å². The number of benzene rings is 2. The second kappa shape index (κ2) is 6.16. The van der Waals surface area contributed by atoms with Gasteiger partial charge in [0.05, 0.1) is 5.69 Å². The number of aromatic amines is 1. The molecular formula is C19H20N2O. The summed E-state index contributed by atoms with van der Waals surface area (Å²) in [6.45, 7) is 0. The monoisotopic (exact) mass is 292 g/mol. The van der Waals surface area contributed by atoms with Crippen LogP contribution in [-0.2, 0) is 4.79 Å². The highest BCUT2D eigenvalue weighted by molar-refractivity contribution is 5.91. The smallest absolute Gasteiger partial charge is 0.121 e. The number of nitrogens with zero attached hydrogens (tertiary/aromatic N) is 1. The van der Waals surface area contributed by atoms with Crippen LogP contribution >= 0.6 is 0 Å². The van der Waals surface area contributed by atoms with Gasteiger partial charge in [0.1, 0.15) is 6.29 Å². The zero-order chi connectivity index (χ0) is 15.5. The molecule has 3 aromatic rings. The van der Waals surface area contributed by atoms with Crippen molar-refractivity contribution >= 4 is 17.2 Å². The molecule has 1 atom stereocenters. The fraction of sp³-hybridized carbons (Fsp3) is 0.211. The Balaban J connectivity index is 2.27. The first kappa shape index (κ1) is 14.5. The number of carbonyl (C=O) groups is 1. The summed E-state index contributed by atoms with van der Waals surface area (Å²) in [7, 11) is 4.04. The highest BCUT2D eigenvalue weighted by atomic mass is 16.1. The molecule has 0 bridgehead atoms. The Labute approximate surface area is 130 Å². The molecule has 22 heavy (non-hydrogen) atoms. The molecule has 1 aromatic heterocycles. The van der Waals surface area contributed by atoms with Crippen LogP contribution in [0.15, 0.2) is 54.6 Å². The lowest BCUT2D eigenvalue weighted by atomic mass is 9.96. The van der Waals surface area contributed by atoms with Crippen molar-refractivity contribution in [2.75, 3.05) is 14.1 Å². The molecule has 3 rings (SSSR count). The highest BCUT2D eigenvalue weighted by Crippen LogP contribution is 2.37. The summed E-state index contributed by atoms with van der Waals surface area (Å²) in [4.78, 5) is 16.8. The van der Waals surface area contributed by atoms with Crippen LogP contribution in [0, 0.1) is 0 Å². The van der Waals surface area contributed by atoms with Crippen molar-refractivity contribution in [1.82, 2.24) is 9.88 Å². The Hall–Kier alpha value is -2.39. The van der Waals surface area contributed by atoms with Gasteiger partial charge >= 0.3 is 0 Å². The maximum Gasteiger partial charge on any atom is 0.121 e. The van der Waals surface area contributed by atoms with Crippen molar-refractivity contribution < 1.29 is 4.79 Å². The fourth-order valence-corrected chi connectivity index (χ4v) is 3.02. The van der Waals surface area contributed by atoms with Gasteiger partial charge in [-0.25, -0.2) is 0 Å². The van der Waals surface area contributed by atoms with Crippen molar-refractivity contribution in [3.63, 3.8) is 0 Å². The lowest BCUT2D eigenvalue weighted by Crippen LogP contribution is -2.20. The Kier molecular flexibility index (Phi) is 4.07. The van der Waals surface area contributed by atoms with Crippen molar-refractivity contribution in [2.24, 2.45) is 0 Å². The van der Waals surface area contributed by atoms with Crippen molar-refractivity contribution in [3.8, 4) is 11.3 Å². The van der Waals surface area contributed by atoms with Gasteiger partial charge in [-0.05, 0) is 25.7 Å². The van der Waals surface area contributed by atoms with Crippen molar-refractivity contribution in [2.45, 2.75) is 12.5 Å². The van der Waals surface area contributed by atoms with Gasteiger partial charge in [0.15, 0.2) is 0 Å². The molecule has 0 aliphatic rings. The molecule has 0 fully saturated rings. The van der Waals surface area contributed by atoms with E-state index in [2.05, 4.69) is 34.1 Å². The van der Waals surface area contributed by atoms with Crippen LogP contribution in [-0.4, -0.2) is 30.3 Å². The van der Waals surface area contributed by atoms with Crippen LogP contribution < -0.4 is 0 Å². The second-order valence-corrected chi connectivity index (χ2v) is 5.71. The third-order valence-electron chi connectivity index (χ3n) is 4.08. The normalized spacial score (nSPS) is 12.7. The predicted octanol–water partition coefficient (Wildman–Crippen LogP) is 4.03. The largest absolute Gasteiger partial charge is 0.354 e. The number of hydrogen-bond donors (Lipinski definition) is 1. The molecule has 1 N–H and O–H groups in total. The van der Waals surface area contributed by atoms with E-state index in [4.69, 9.17) is 0 Å². The Morgan fingerprint density at radius 1 is 1.05 bits per heavy atom. The van der Waals surface area contributed by atoms with Gasteiger partial charge in [0.25, 0.3) is 0 Å². The van der Waals surface area contributed by atoms with E-state index < -0.39 is 0 Å². The van der Waals surface area contributed by atoms with Crippen LogP contribution in [0.2, 0.25) is 0 Å². The van der Waals surface area contributed by atoms with Gasteiger partial charge in [-0.15, -0.1) is 0 Å². The molecule has 1 heterocycles. The summed E-state index contributed by atoms with van der Waals surface area (Å²) in [5, 5.41) is 1.18. The minimum Gasteiger partial charge on any atom is -0.354 e. The number of para-hydroxylation sites is 1. The van der Waals surface area contributed by atoms with Crippen LogP contribution in [0.1, 0.15) is 18.0 Å². The van der Waals surface area contributed by atoms with Crippen LogP contribution in [0.25, 0.3) is 22.2 Å². The SMILES string of the molecule is CN(C)C(CC=O)c1c(-c2ccccc2)[nH]c2ccccc12. The first-order valence-corrected chi connectivity index (χ1v) is 7.48. The average Bonchev–Trinajstić information content (AvgIpc) is 2.92. The van der Waals surface area contributed by atoms with Gasteiger partial charge in [0, 0.05) is 28.9 Å². The minimum atomic E-state index is 0.0591. The number of rotatable bonds is 5. The van der Waals surface area contributed by atoms with E-state index >= 15 is 0 Å². The number of H-pyrrole nitrogens is 1. The van der Waals surface area contributed by atoms with E-state index in [0.29, 0.717) is 6.42 Å². The van der Waals surface area contributed by atoms with E-state index in [9.17, 15) is 4.79 Å². The number of aromatic nitrogens is 1. The zero-order valence-corrected chi connectivity index (χ0v) is 12.9. The number of aldehydes is 1. The third-order valence-corrected chi connectivity index (χ3v) is 4.08. The summed E-state index contributed by atoms with van der Waals surface area (Å²) in [6, 6.07) is 18.6. The molecule has 0 spiro atoms. The van der Waals surface area contributed by atoms with Crippen molar-refractivity contribution in [1.29, 1.82) is 0 Å². The molecule has 3 heteroatoms. The molecule has 0 saturated carbocycles. The van der Waals surface area contributed by atoms with E-state index in [1.165, 1.54) is 10.9 Å². The van der Waals surface area contributed by atoms with Gasteiger partial charge in [-0.2, -0.15) is 0 Å². The van der Waals surface area contributed by atoms with Gasteiger partial charge in [-0.3, -0.25) is 0 Å². The number of hydrogen-bond acceptors (Lipinski definition) is 2. The number of fused-ring (bicyclic) bond motifs is 1. The van der Waals surface area contributed by atoms with Gasteiger partial charge in [-0.1, -0.05) is 48.5 Å². The Bertz CT molecular complexity index is 774. The summed E-state index contributed by atoms with van der Waals surface area (Å²) in [5.41, 5.74) is 4.54. The topological polar surface area (TPSA) is 36.1 Å².